The molecule has 140 valence electrons. The van der Waals surface area contributed by atoms with E-state index < -0.39 is 17.6 Å². The van der Waals surface area contributed by atoms with Gasteiger partial charge in [0.25, 0.3) is 0 Å². The van der Waals surface area contributed by atoms with Gasteiger partial charge in [-0.05, 0) is 43.3 Å². The maximum Gasteiger partial charge on any atom is 0.357 e. The molecule has 0 spiro atoms. The van der Waals surface area contributed by atoms with Gasteiger partial charge in [-0.1, -0.05) is 17.7 Å². The van der Waals surface area contributed by atoms with Crippen LogP contribution in [-0.2, 0) is 11.3 Å². The molecule has 0 radical (unpaired) electrons. The van der Waals surface area contributed by atoms with Gasteiger partial charge in [0, 0.05) is 5.56 Å². The molecule has 1 heterocycles. The lowest BCUT2D eigenvalue weighted by Crippen LogP contribution is -2.12. The van der Waals surface area contributed by atoms with E-state index in [2.05, 4.69) is 4.98 Å². The third kappa shape index (κ3) is 4.09. The number of imidazole rings is 1. The normalized spacial score (nSPS) is 10.7. The Hall–Kier alpha value is -2.93. The molecule has 0 unspecified atom stereocenters. The van der Waals surface area contributed by atoms with Crippen molar-refractivity contribution < 1.29 is 23.0 Å². The standard InChI is InChI=1S/C19H15ClF2N2O3/c1-2-26-18(25)17-10-23-19(24(17)13-8-6-12(21)7-9-13)27-11-14-15(20)4-3-5-16(14)22/h3-10H,2,11H2,1H3. The zero-order chi connectivity index (χ0) is 19.4. The minimum Gasteiger partial charge on any atom is -0.461 e. The second kappa shape index (κ2) is 8.18. The molecule has 0 amide bonds. The zero-order valence-corrected chi connectivity index (χ0v) is 15.0. The molecular formula is C19H15ClF2N2O3. The lowest BCUT2D eigenvalue weighted by molar-refractivity contribution is 0.0515. The molecule has 0 saturated carbocycles. The second-order valence-corrected chi connectivity index (χ2v) is 5.85. The van der Waals surface area contributed by atoms with Gasteiger partial charge in [0.15, 0.2) is 5.69 Å². The van der Waals surface area contributed by atoms with E-state index in [4.69, 9.17) is 21.1 Å². The van der Waals surface area contributed by atoms with Crippen LogP contribution in [0.25, 0.3) is 5.69 Å². The van der Waals surface area contributed by atoms with Crippen molar-refractivity contribution in [2.75, 3.05) is 6.61 Å². The van der Waals surface area contributed by atoms with Gasteiger partial charge in [-0.15, -0.1) is 0 Å². The third-order valence-corrected chi connectivity index (χ3v) is 4.06. The molecule has 0 aliphatic carbocycles. The van der Waals surface area contributed by atoms with E-state index in [-0.39, 0.29) is 35.5 Å². The van der Waals surface area contributed by atoms with Gasteiger partial charge in [-0.25, -0.2) is 18.6 Å². The number of esters is 1. The fraction of sp³-hybridized carbons (Fsp3) is 0.158. The smallest absolute Gasteiger partial charge is 0.357 e. The van der Waals surface area contributed by atoms with E-state index >= 15 is 0 Å². The van der Waals surface area contributed by atoms with E-state index in [1.807, 2.05) is 0 Å². The first-order valence-corrected chi connectivity index (χ1v) is 8.45. The summed E-state index contributed by atoms with van der Waals surface area (Å²) in [6.07, 6.45) is 1.28. The summed E-state index contributed by atoms with van der Waals surface area (Å²) < 4.78 is 39.2. The molecule has 0 aliphatic heterocycles. The van der Waals surface area contributed by atoms with Crippen LogP contribution in [0.15, 0.2) is 48.7 Å². The van der Waals surface area contributed by atoms with Crippen molar-refractivity contribution in [2.24, 2.45) is 0 Å². The van der Waals surface area contributed by atoms with Crippen molar-refractivity contribution >= 4 is 17.6 Å². The van der Waals surface area contributed by atoms with Crippen LogP contribution in [0.1, 0.15) is 23.0 Å². The first kappa shape index (κ1) is 18.8. The third-order valence-electron chi connectivity index (χ3n) is 3.71. The van der Waals surface area contributed by atoms with Gasteiger partial charge in [-0.3, -0.25) is 4.57 Å². The number of hydrogen-bond donors (Lipinski definition) is 0. The van der Waals surface area contributed by atoms with E-state index in [1.165, 1.54) is 47.2 Å². The highest BCUT2D eigenvalue weighted by Gasteiger charge is 2.21. The SMILES string of the molecule is CCOC(=O)c1cnc(OCc2c(F)cccc2Cl)n1-c1ccc(F)cc1. The molecular weight excluding hydrogens is 378 g/mol. The van der Waals surface area contributed by atoms with E-state index in [9.17, 15) is 13.6 Å². The number of rotatable bonds is 6. The largest absolute Gasteiger partial charge is 0.461 e. The molecule has 0 fully saturated rings. The van der Waals surface area contributed by atoms with Crippen molar-refractivity contribution in [2.45, 2.75) is 13.5 Å². The molecule has 1 aromatic heterocycles. The first-order valence-electron chi connectivity index (χ1n) is 8.07. The number of halogens is 3. The molecule has 0 saturated heterocycles. The Morgan fingerprint density at radius 3 is 2.59 bits per heavy atom. The fourth-order valence-corrected chi connectivity index (χ4v) is 2.65. The van der Waals surface area contributed by atoms with E-state index in [0.717, 1.165) is 0 Å². The molecule has 3 rings (SSSR count). The van der Waals surface area contributed by atoms with Crippen LogP contribution >= 0.6 is 11.6 Å². The number of hydrogen-bond acceptors (Lipinski definition) is 4. The first-order chi connectivity index (χ1) is 13.0. The van der Waals surface area contributed by atoms with Gasteiger partial charge in [0.2, 0.25) is 0 Å². The quantitative estimate of drug-likeness (QED) is 0.577. The molecule has 8 heteroatoms. The molecule has 3 aromatic rings. The fourth-order valence-electron chi connectivity index (χ4n) is 2.43. The number of carbonyl (C=O) groups is 1. The highest BCUT2D eigenvalue weighted by atomic mass is 35.5. The Morgan fingerprint density at radius 1 is 1.19 bits per heavy atom. The number of ether oxygens (including phenoxy) is 2. The molecule has 0 N–H and O–H groups in total. The maximum atomic E-state index is 13.9. The highest BCUT2D eigenvalue weighted by molar-refractivity contribution is 6.31. The highest BCUT2D eigenvalue weighted by Crippen LogP contribution is 2.25. The predicted octanol–water partition coefficient (Wildman–Crippen LogP) is 4.56. The summed E-state index contributed by atoms with van der Waals surface area (Å²) in [7, 11) is 0. The summed E-state index contributed by atoms with van der Waals surface area (Å²) >= 11 is 6.00. The maximum absolute atomic E-state index is 13.9. The molecule has 27 heavy (non-hydrogen) atoms. The summed E-state index contributed by atoms with van der Waals surface area (Å²) in [4.78, 5) is 16.3. The van der Waals surface area contributed by atoms with Gasteiger partial charge >= 0.3 is 12.0 Å². The van der Waals surface area contributed by atoms with Gasteiger partial charge in [0.05, 0.1) is 23.5 Å². The van der Waals surface area contributed by atoms with Crippen LogP contribution in [-0.4, -0.2) is 22.1 Å². The average molecular weight is 393 g/mol. The van der Waals surface area contributed by atoms with Crippen molar-refractivity contribution in [1.29, 1.82) is 0 Å². The number of aromatic nitrogens is 2. The lowest BCUT2D eigenvalue weighted by Gasteiger charge is -2.13. The van der Waals surface area contributed by atoms with Gasteiger partial charge in [-0.2, -0.15) is 0 Å². The molecule has 2 aromatic carbocycles. The summed E-state index contributed by atoms with van der Waals surface area (Å²) in [5.74, 6) is -1.57. The Morgan fingerprint density at radius 2 is 1.93 bits per heavy atom. The topological polar surface area (TPSA) is 53.4 Å². The Labute approximate surface area is 159 Å². The minimum absolute atomic E-state index is 0.0176. The van der Waals surface area contributed by atoms with Crippen LogP contribution < -0.4 is 4.74 Å². The van der Waals surface area contributed by atoms with Crippen LogP contribution in [0.3, 0.4) is 0 Å². The second-order valence-electron chi connectivity index (χ2n) is 5.45. The van der Waals surface area contributed by atoms with Crippen LogP contribution in [0.4, 0.5) is 8.78 Å². The van der Waals surface area contributed by atoms with Crippen molar-refractivity contribution in [3.05, 3.63) is 76.6 Å². The molecule has 5 nitrogen and oxygen atoms in total. The molecule has 0 bridgehead atoms. The summed E-state index contributed by atoms with van der Waals surface area (Å²) in [6.45, 7) is 1.65. The summed E-state index contributed by atoms with van der Waals surface area (Å²) in [6, 6.07) is 9.71. The number of benzene rings is 2. The monoisotopic (exact) mass is 392 g/mol. The van der Waals surface area contributed by atoms with Crippen molar-refractivity contribution in [1.82, 2.24) is 9.55 Å². The number of carbonyl (C=O) groups excluding carboxylic acids is 1. The van der Waals surface area contributed by atoms with Crippen LogP contribution in [0.5, 0.6) is 6.01 Å². The zero-order valence-electron chi connectivity index (χ0n) is 14.3. The summed E-state index contributed by atoms with van der Waals surface area (Å²) in [5.41, 5.74) is 0.690. The molecule has 0 aliphatic rings. The molecule has 0 atom stereocenters. The average Bonchev–Trinajstić information content (AvgIpc) is 3.06. The van der Waals surface area contributed by atoms with Crippen LogP contribution in [0.2, 0.25) is 5.02 Å². The predicted molar refractivity (Wildman–Crippen MR) is 95.2 cm³/mol. The lowest BCUT2D eigenvalue weighted by atomic mass is 10.2. The van der Waals surface area contributed by atoms with E-state index in [1.54, 1.807) is 13.0 Å². The van der Waals surface area contributed by atoms with E-state index in [0.29, 0.717) is 5.69 Å². The van der Waals surface area contributed by atoms with Crippen molar-refractivity contribution in [3.8, 4) is 11.7 Å². The minimum atomic E-state index is -0.618. The van der Waals surface area contributed by atoms with Gasteiger partial charge in [0.1, 0.15) is 18.2 Å². The van der Waals surface area contributed by atoms with Crippen molar-refractivity contribution in [3.63, 3.8) is 0 Å². The number of nitrogens with zero attached hydrogens (tertiary/aromatic N) is 2. The van der Waals surface area contributed by atoms with Gasteiger partial charge < -0.3 is 9.47 Å². The summed E-state index contributed by atoms with van der Waals surface area (Å²) in [5, 5.41) is 0.209. The Bertz CT molecular complexity index is 938. The Kier molecular flexibility index (Phi) is 5.71. The van der Waals surface area contributed by atoms with Crippen LogP contribution in [0, 0.1) is 11.6 Å². The Balaban J connectivity index is 1.97.